The Labute approximate surface area is 147 Å². The Balaban J connectivity index is 2.08. The molecule has 2 aromatic carbocycles. The smallest absolute Gasteiger partial charge is 0.251 e. The summed E-state index contributed by atoms with van der Waals surface area (Å²) in [6.45, 7) is 5.06. The fourth-order valence-corrected chi connectivity index (χ4v) is 2.29. The van der Waals surface area contributed by atoms with E-state index < -0.39 is 0 Å². The molecule has 0 spiro atoms. The third-order valence-electron chi connectivity index (χ3n) is 3.44. The molecule has 0 aliphatic heterocycles. The zero-order chi connectivity index (χ0) is 17.5. The lowest BCUT2D eigenvalue weighted by Crippen LogP contribution is -2.27. The first-order valence-corrected chi connectivity index (χ1v) is 8.21. The van der Waals surface area contributed by atoms with Gasteiger partial charge in [0, 0.05) is 22.7 Å². The maximum absolute atomic E-state index is 12.1. The Kier molecular flexibility index (Phi) is 6.50. The number of nitrogens with one attached hydrogen (secondary N) is 1. The summed E-state index contributed by atoms with van der Waals surface area (Å²) >= 11 is 6.13. The molecule has 0 saturated carbocycles. The van der Waals surface area contributed by atoms with E-state index in [0.717, 1.165) is 5.56 Å². The number of rotatable bonds is 7. The first-order chi connectivity index (χ1) is 11.5. The summed E-state index contributed by atoms with van der Waals surface area (Å²) in [7, 11) is 1.55. The van der Waals surface area contributed by atoms with Gasteiger partial charge in [0.25, 0.3) is 5.91 Å². The second-order valence-corrected chi connectivity index (χ2v) is 6.26. The van der Waals surface area contributed by atoms with Crippen molar-refractivity contribution in [3.8, 4) is 11.5 Å². The Morgan fingerprint density at radius 1 is 1.17 bits per heavy atom. The van der Waals surface area contributed by atoms with Crippen LogP contribution in [-0.2, 0) is 6.61 Å². The minimum Gasteiger partial charge on any atom is -0.493 e. The van der Waals surface area contributed by atoms with Gasteiger partial charge in [0.15, 0.2) is 11.5 Å². The first kappa shape index (κ1) is 18.1. The second kappa shape index (κ2) is 8.60. The second-order valence-electron chi connectivity index (χ2n) is 5.85. The first-order valence-electron chi connectivity index (χ1n) is 7.83. The van der Waals surface area contributed by atoms with E-state index in [0.29, 0.717) is 41.2 Å². The zero-order valence-corrected chi connectivity index (χ0v) is 14.9. The summed E-state index contributed by atoms with van der Waals surface area (Å²) in [6, 6.07) is 12.6. The van der Waals surface area contributed by atoms with Crippen molar-refractivity contribution in [2.24, 2.45) is 5.92 Å². The van der Waals surface area contributed by atoms with Gasteiger partial charge in [0.05, 0.1) is 7.11 Å². The average Bonchev–Trinajstić information content (AvgIpc) is 2.58. The summed E-state index contributed by atoms with van der Waals surface area (Å²) in [5, 5.41) is 3.54. The van der Waals surface area contributed by atoms with Crippen molar-refractivity contribution >= 4 is 17.5 Å². The van der Waals surface area contributed by atoms with Gasteiger partial charge in [-0.25, -0.2) is 0 Å². The fourth-order valence-electron chi connectivity index (χ4n) is 2.10. The van der Waals surface area contributed by atoms with Crippen LogP contribution in [0, 0.1) is 5.92 Å². The Bertz CT molecular complexity index is 701. The van der Waals surface area contributed by atoms with Crippen LogP contribution in [0.25, 0.3) is 0 Å². The summed E-state index contributed by atoms with van der Waals surface area (Å²) in [4.78, 5) is 12.1. The predicted molar refractivity (Wildman–Crippen MR) is 95.9 cm³/mol. The molecule has 2 rings (SSSR count). The molecule has 0 atom stereocenters. The third-order valence-corrected chi connectivity index (χ3v) is 3.81. The molecule has 4 nitrogen and oxygen atoms in total. The van der Waals surface area contributed by atoms with Crippen LogP contribution in [0.3, 0.4) is 0 Å². The normalized spacial score (nSPS) is 10.5. The molecule has 0 bridgehead atoms. The van der Waals surface area contributed by atoms with Gasteiger partial charge < -0.3 is 14.8 Å². The average molecular weight is 348 g/mol. The Hall–Kier alpha value is -2.20. The van der Waals surface area contributed by atoms with Crippen LogP contribution >= 0.6 is 11.6 Å². The molecular weight excluding hydrogens is 326 g/mol. The molecule has 0 radical (unpaired) electrons. The standard InChI is InChI=1S/C19H22ClNO3/c1-13(2)11-21-19(22)14-8-9-17(18(10-14)23-3)24-12-15-6-4-5-7-16(15)20/h4-10,13H,11-12H2,1-3H3,(H,21,22). The molecule has 0 unspecified atom stereocenters. The summed E-state index contributed by atoms with van der Waals surface area (Å²) < 4.78 is 11.1. The molecule has 1 amide bonds. The number of benzene rings is 2. The van der Waals surface area contributed by atoms with Crippen LogP contribution < -0.4 is 14.8 Å². The van der Waals surface area contributed by atoms with Crippen molar-refractivity contribution in [3.05, 3.63) is 58.6 Å². The van der Waals surface area contributed by atoms with E-state index in [2.05, 4.69) is 5.32 Å². The van der Waals surface area contributed by atoms with Crippen molar-refractivity contribution in [2.45, 2.75) is 20.5 Å². The van der Waals surface area contributed by atoms with Crippen molar-refractivity contribution in [3.63, 3.8) is 0 Å². The quantitative estimate of drug-likeness (QED) is 0.811. The lowest BCUT2D eigenvalue weighted by molar-refractivity contribution is 0.0948. The molecule has 0 fully saturated rings. The molecule has 0 aliphatic rings. The van der Waals surface area contributed by atoms with Crippen molar-refractivity contribution in [1.82, 2.24) is 5.32 Å². The van der Waals surface area contributed by atoms with Crippen LogP contribution in [0.5, 0.6) is 11.5 Å². The summed E-state index contributed by atoms with van der Waals surface area (Å²) in [5.74, 6) is 1.35. The molecule has 5 heteroatoms. The Morgan fingerprint density at radius 3 is 2.58 bits per heavy atom. The van der Waals surface area contributed by atoms with Gasteiger partial charge in [-0.05, 0) is 30.2 Å². The molecule has 0 heterocycles. The molecule has 24 heavy (non-hydrogen) atoms. The molecule has 0 aliphatic carbocycles. The van der Waals surface area contributed by atoms with Gasteiger partial charge in [0.2, 0.25) is 0 Å². The topological polar surface area (TPSA) is 47.6 Å². The maximum atomic E-state index is 12.1. The number of hydrogen-bond acceptors (Lipinski definition) is 3. The minimum absolute atomic E-state index is 0.125. The number of hydrogen-bond donors (Lipinski definition) is 1. The van der Waals surface area contributed by atoms with Crippen LogP contribution in [0.4, 0.5) is 0 Å². The number of ether oxygens (including phenoxy) is 2. The van der Waals surface area contributed by atoms with Crippen molar-refractivity contribution in [1.29, 1.82) is 0 Å². The van der Waals surface area contributed by atoms with Gasteiger partial charge in [0.1, 0.15) is 6.61 Å². The highest BCUT2D eigenvalue weighted by Gasteiger charge is 2.12. The number of amides is 1. The van der Waals surface area contributed by atoms with Gasteiger partial charge in [-0.1, -0.05) is 43.6 Å². The zero-order valence-electron chi connectivity index (χ0n) is 14.1. The largest absolute Gasteiger partial charge is 0.493 e. The van der Waals surface area contributed by atoms with Crippen LogP contribution in [0.1, 0.15) is 29.8 Å². The highest BCUT2D eigenvalue weighted by Crippen LogP contribution is 2.29. The van der Waals surface area contributed by atoms with E-state index in [1.807, 2.05) is 38.1 Å². The van der Waals surface area contributed by atoms with E-state index in [4.69, 9.17) is 21.1 Å². The van der Waals surface area contributed by atoms with E-state index in [9.17, 15) is 4.79 Å². The van der Waals surface area contributed by atoms with Crippen LogP contribution in [0.15, 0.2) is 42.5 Å². The third kappa shape index (κ3) is 4.90. The van der Waals surface area contributed by atoms with Crippen molar-refractivity contribution < 1.29 is 14.3 Å². The number of halogens is 1. The van der Waals surface area contributed by atoms with Gasteiger partial charge in [-0.3, -0.25) is 4.79 Å². The van der Waals surface area contributed by atoms with E-state index >= 15 is 0 Å². The lowest BCUT2D eigenvalue weighted by atomic mass is 10.1. The van der Waals surface area contributed by atoms with Gasteiger partial charge in [-0.15, -0.1) is 0 Å². The predicted octanol–water partition coefficient (Wildman–Crippen LogP) is 4.31. The van der Waals surface area contributed by atoms with Crippen LogP contribution in [-0.4, -0.2) is 19.6 Å². The van der Waals surface area contributed by atoms with E-state index in [1.54, 1.807) is 25.3 Å². The molecule has 2 aromatic rings. The maximum Gasteiger partial charge on any atom is 0.251 e. The SMILES string of the molecule is COc1cc(C(=O)NCC(C)C)ccc1OCc1ccccc1Cl. The van der Waals surface area contributed by atoms with Gasteiger partial charge in [-0.2, -0.15) is 0 Å². The van der Waals surface area contributed by atoms with E-state index in [-0.39, 0.29) is 5.91 Å². The monoisotopic (exact) mass is 347 g/mol. The highest BCUT2D eigenvalue weighted by molar-refractivity contribution is 6.31. The number of methoxy groups -OCH3 is 1. The van der Waals surface area contributed by atoms with Crippen LogP contribution in [0.2, 0.25) is 5.02 Å². The number of carbonyl (C=O) groups excluding carboxylic acids is 1. The molecule has 0 aromatic heterocycles. The summed E-state index contributed by atoms with van der Waals surface area (Å²) in [6.07, 6.45) is 0. The van der Waals surface area contributed by atoms with Crippen molar-refractivity contribution in [2.75, 3.05) is 13.7 Å². The fraction of sp³-hybridized carbons (Fsp3) is 0.316. The molecule has 1 N–H and O–H groups in total. The highest BCUT2D eigenvalue weighted by atomic mass is 35.5. The number of carbonyl (C=O) groups is 1. The molecule has 128 valence electrons. The molecular formula is C19H22ClNO3. The minimum atomic E-state index is -0.125. The van der Waals surface area contributed by atoms with Gasteiger partial charge >= 0.3 is 0 Å². The summed E-state index contributed by atoms with van der Waals surface area (Å²) in [5.41, 5.74) is 1.43. The molecule has 0 saturated heterocycles. The lowest BCUT2D eigenvalue weighted by Gasteiger charge is -2.13. The van der Waals surface area contributed by atoms with E-state index in [1.165, 1.54) is 0 Å². The Morgan fingerprint density at radius 2 is 1.92 bits per heavy atom.